The predicted octanol–water partition coefficient (Wildman–Crippen LogP) is 0.963. The molecule has 0 radical (unpaired) electrons. The van der Waals surface area contributed by atoms with Gasteiger partial charge in [-0.1, -0.05) is 0 Å². The molecule has 1 heterocycles. The highest BCUT2D eigenvalue weighted by Gasteiger charge is 2.43. The fraction of sp³-hybridized carbons (Fsp3) is 0.688. The second kappa shape index (κ2) is 6.59. The van der Waals surface area contributed by atoms with Crippen molar-refractivity contribution in [3.05, 3.63) is 11.8 Å². The first-order valence-electron chi connectivity index (χ1n) is 7.61. The maximum atomic E-state index is 12.1. The number of amides is 1. The van der Waals surface area contributed by atoms with Gasteiger partial charge in [0, 0.05) is 23.3 Å². The summed E-state index contributed by atoms with van der Waals surface area (Å²) in [5.41, 5.74) is 5.36. The van der Waals surface area contributed by atoms with Crippen LogP contribution in [0.3, 0.4) is 0 Å². The SMILES string of the molecule is CC(NC(=O)/C(C#N)=C\N1C(C)(C)CC(N)CC1(C)C)C(=O)O. The van der Waals surface area contributed by atoms with Gasteiger partial charge in [-0.3, -0.25) is 9.59 Å². The minimum atomic E-state index is -1.15. The van der Waals surface area contributed by atoms with E-state index in [1.165, 1.54) is 13.1 Å². The summed E-state index contributed by atoms with van der Waals surface area (Å²) >= 11 is 0. The normalized spacial score (nSPS) is 22.1. The number of nitrogens with two attached hydrogens (primary N) is 1. The summed E-state index contributed by atoms with van der Waals surface area (Å²) in [7, 11) is 0. The molecule has 7 nitrogen and oxygen atoms in total. The molecule has 23 heavy (non-hydrogen) atoms. The number of nitrogens with one attached hydrogen (secondary N) is 1. The molecule has 7 heteroatoms. The van der Waals surface area contributed by atoms with Gasteiger partial charge in [0.1, 0.15) is 17.7 Å². The standard InChI is InChI=1S/C16H26N4O3/c1-10(14(22)23)19-13(21)11(8-17)9-20-15(2,3)6-12(18)7-16(20,4)5/h9-10,12H,6-7,18H2,1-5H3,(H,19,21)(H,22,23)/b11-9-. The number of nitrogens with zero attached hydrogens (tertiary/aromatic N) is 2. The van der Waals surface area contributed by atoms with Gasteiger partial charge in [-0.25, -0.2) is 0 Å². The van der Waals surface area contributed by atoms with Gasteiger partial charge in [0.25, 0.3) is 5.91 Å². The summed E-state index contributed by atoms with van der Waals surface area (Å²) < 4.78 is 0. The van der Waals surface area contributed by atoms with Crippen molar-refractivity contribution in [1.82, 2.24) is 10.2 Å². The van der Waals surface area contributed by atoms with Crippen LogP contribution in [0.4, 0.5) is 0 Å². The molecule has 0 aliphatic carbocycles. The van der Waals surface area contributed by atoms with E-state index in [4.69, 9.17) is 10.8 Å². The molecule has 1 rings (SSSR count). The van der Waals surface area contributed by atoms with E-state index in [-0.39, 0.29) is 22.7 Å². The van der Waals surface area contributed by atoms with Crippen molar-refractivity contribution in [2.24, 2.45) is 5.73 Å². The lowest BCUT2D eigenvalue weighted by molar-refractivity contribution is -0.140. The Kier molecular flexibility index (Phi) is 5.43. The number of carbonyl (C=O) groups is 2. The summed E-state index contributed by atoms with van der Waals surface area (Å²) in [5, 5.41) is 20.5. The topological polar surface area (TPSA) is 119 Å². The predicted molar refractivity (Wildman–Crippen MR) is 86.1 cm³/mol. The van der Waals surface area contributed by atoms with Crippen LogP contribution in [0.25, 0.3) is 0 Å². The molecular formula is C16H26N4O3. The van der Waals surface area contributed by atoms with Gasteiger partial charge in [-0.2, -0.15) is 5.26 Å². The summed E-state index contributed by atoms with van der Waals surface area (Å²) in [6.07, 6.45) is 2.99. The number of piperidine rings is 1. The van der Waals surface area contributed by atoms with Crippen LogP contribution in [-0.4, -0.2) is 45.0 Å². The van der Waals surface area contributed by atoms with Crippen LogP contribution >= 0.6 is 0 Å². The third-order valence-corrected chi connectivity index (χ3v) is 4.17. The molecule has 1 amide bonds. The van der Waals surface area contributed by atoms with E-state index in [1.54, 1.807) is 0 Å². The van der Waals surface area contributed by atoms with E-state index >= 15 is 0 Å². The van der Waals surface area contributed by atoms with Gasteiger partial charge in [0.15, 0.2) is 0 Å². The first-order valence-corrected chi connectivity index (χ1v) is 7.61. The molecule has 1 unspecified atom stereocenters. The van der Waals surface area contributed by atoms with Gasteiger partial charge < -0.3 is 21.1 Å². The lowest BCUT2D eigenvalue weighted by atomic mass is 9.77. The van der Waals surface area contributed by atoms with Crippen molar-refractivity contribution in [2.75, 3.05) is 0 Å². The number of carboxylic acid groups (broad SMARTS) is 1. The van der Waals surface area contributed by atoms with Crippen molar-refractivity contribution in [3.63, 3.8) is 0 Å². The Morgan fingerprint density at radius 1 is 1.35 bits per heavy atom. The van der Waals surface area contributed by atoms with Gasteiger partial charge >= 0.3 is 5.97 Å². The zero-order valence-corrected chi connectivity index (χ0v) is 14.4. The number of nitriles is 1. The summed E-state index contributed by atoms with van der Waals surface area (Å²) in [6.45, 7) is 9.39. The van der Waals surface area contributed by atoms with Crippen LogP contribution in [0.15, 0.2) is 11.8 Å². The smallest absolute Gasteiger partial charge is 0.325 e. The van der Waals surface area contributed by atoms with E-state index in [9.17, 15) is 14.9 Å². The zero-order valence-electron chi connectivity index (χ0n) is 14.4. The van der Waals surface area contributed by atoms with Crippen LogP contribution < -0.4 is 11.1 Å². The van der Waals surface area contributed by atoms with Crippen molar-refractivity contribution in [2.45, 2.75) is 70.6 Å². The number of carboxylic acids is 1. The Hall–Kier alpha value is -2.07. The molecule has 0 aromatic heterocycles. The average Bonchev–Trinajstić information content (AvgIpc) is 2.35. The monoisotopic (exact) mass is 322 g/mol. The van der Waals surface area contributed by atoms with Crippen molar-refractivity contribution >= 4 is 11.9 Å². The molecule has 1 atom stereocenters. The van der Waals surface area contributed by atoms with Crippen LogP contribution in [0, 0.1) is 11.3 Å². The fourth-order valence-corrected chi connectivity index (χ4v) is 3.32. The summed E-state index contributed by atoms with van der Waals surface area (Å²) in [4.78, 5) is 24.9. The Labute approximate surface area is 137 Å². The Balaban J connectivity index is 3.11. The van der Waals surface area contributed by atoms with Crippen LogP contribution in [0.1, 0.15) is 47.5 Å². The number of likely N-dealkylation sites (tertiary alicyclic amines) is 1. The number of hydrogen-bond acceptors (Lipinski definition) is 5. The molecule has 0 aromatic rings. The number of aliphatic carboxylic acids is 1. The Bertz CT molecular complexity index is 542. The van der Waals surface area contributed by atoms with Crippen molar-refractivity contribution in [3.8, 4) is 6.07 Å². The molecule has 4 N–H and O–H groups in total. The van der Waals surface area contributed by atoms with Gasteiger partial charge in [-0.05, 0) is 47.5 Å². The Morgan fingerprint density at radius 3 is 2.22 bits per heavy atom. The van der Waals surface area contributed by atoms with E-state index in [0.29, 0.717) is 0 Å². The lowest BCUT2D eigenvalue weighted by Gasteiger charge is -2.54. The third kappa shape index (κ3) is 4.45. The van der Waals surface area contributed by atoms with E-state index in [0.717, 1.165) is 12.8 Å². The quantitative estimate of drug-likeness (QED) is 0.524. The maximum absolute atomic E-state index is 12.1. The lowest BCUT2D eigenvalue weighted by Crippen LogP contribution is -2.61. The largest absolute Gasteiger partial charge is 0.480 e. The second-order valence-electron chi connectivity index (χ2n) is 7.35. The highest BCUT2D eigenvalue weighted by molar-refractivity contribution is 5.99. The molecular weight excluding hydrogens is 296 g/mol. The van der Waals surface area contributed by atoms with Crippen molar-refractivity contribution in [1.29, 1.82) is 5.26 Å². The first kappa shape index (κ1) is 19.0. The van der Waals surface area contributed by atoms with Gasteiger partial charge in [0.05, 0.1) is 0 Å². The zero-order chi connectivity index (χ0) is 18.0. The highest BCUT2D eigenvalue weighted by atomic mass is 16.4. The molecule has 1 aliphatic heterocycles. The van der Waals surface area contributed by atoms with Crippen molar-refractivity contribution < 1.29 is 14.7 Å². The first-order chi connectivity index (χ1) is 10.4. The number of hydrogen-bond donors (Lipinski definition) is 3. The summed E-state index contributed by atoms with van der Waals surface area (Å²) in [5.74, 6) is -1.84. The molecule has 0 spiro atoms. The van der Waals surface area contributed by atoms with Crippen LogP contribution in [0.2, 0.25) is 0 Å². The van der Waals surface area contributed by atoms with Crippen LogP contribution in [-0.2, 0) is 9.59 Å². The second-order valence-corrected chi connectivity index (χ2v) is 7.35. The average molecular weight is 322 g/mol. The molecule has 128 valence electrons. The van der Waals surface area contributed by atoms with Crippen LogP contribution in [0.5, 0.6) is 0 Å². The Morgan fingerprint density at radius 2 is 1.83 bits per heavy atom. The molecule has 1 aliphatic rings. The summed E-state index contributed by atoms with van der Waals surface area (Å²) in [6, 6.07) is 0.855. The molecule has 1 saturated heterocycles. The highest BCUT2D eigenvalue weighted by Crippen LogP contribution is 2.38. The van der Waals surface area contributed by atoms with Gasteiger partial charge in [-0.15, -0.1) is 0 Å². The van der Waals surface area contributed by atoms with E-state index in [2.05, 4.69) is 5.32 Å². The fourth-order valence-electron chi connectivity index (χ4n) is 3.32. The molecule has 0 saturated carbocycles. The van der Waals surface area contributed by atoms with E-state index < -0.39 is 17.9 Å². The molecule has 0 aromatic carbocycles. The van der Waals surface area contributed by atoms with Gasteiger partial charge in [0.2, 0.25) is 0 Å². The minimum absolute atomic E-state index is 0.0519. The molecule has 0 bridgehead atoms. The maximum Gasteiger partial charge on any atom is 0.325 e. The number of carbonyl (C=O) groups excluding carboxylic acids is 1. The third-order valence-electron chi connectivity index (χ3n) is 4.17. The minimum Gasteiger partial charge on any atom is -0.480 e. The molecule has 1 fully saturated rings. The number of rotatable bonds is 4. The van der Waals surface area contributed by atoms with E-state index in [1.807, 2.05) is 38.7 Å².